The van der Waals surface area contributed by atoms with Gasteiger partial charge in [-0.15, -0.1) is 0 Å². The number of hydrogen-bond acceptors (Lipinski definition) is 2. The molecule has 1 atom stereocenters. The largest absolute Gasteiger partial charge is 0.508 e. The van der Waals surface area contributed by atoms with Gasteiger partial charge in [-0.25, -0.2) is 0 Å². The Morgan fingerprint density at radius 3 is 2.33 bits per heavy atom. The molecule has 1 unspecified atom stereocenters. The van der Waals surface area contributed by atoms with Crippen LogP contribution in [0.25, 0.3) is 0 Å². The van der Waals surface area contributed by atoms with E-state index in [0.29, 0.717) is 0 Å². The van der Waals surface area contributed by atoms with Crippen LogP contribution in [0.3, 0.4) is 0 Å². The lowest BCUT2D eigenvalue weighted by atomic mass is 9.99. The van der Waals surface area contributed by atoms with E-state index in [1.54, 1.807) is 24.1 Å². The summed E-state index contributed by atoms with van der Waals surface area (Å²) in [5.74, 6) is 0.466. The van der Waals surface area contributed by atoms with Gasteiger partial charge in [-0.2, -0.15) is 0 Å². The molecule has 0 spiro atoms. The van der Waals surface area contributed by atoms with E-state index in [1.165, 1.54) is 0 Å². The number of aromatic hydroxyl groups is 1. The van der Waals surface area contributed by atoms with Crippen LogP contribution in [0.4, 0.5) is 0 Å². The van der Waals surface area contributed by atoms with Crippen molar-refractivity contribution >= 4 is 5.91 Å². The van der Waals surface area contributed by atoms with E-state index in [-0.39, 0.29) is 23.6 Å². The minimum absolute atomic E-state index is 0.0725. The van der Waals surface area contributed by atoms with Gasteiger partial charge in [0, 0.05) is 18.5 Å². The van der Waals surface area contributed by atoms with Crippen LogP contribution in [0.5, 0.6) is 5.75 Å². The second kappa shape index (κ2) is 6.43. The van der Waals surface area contributed by atoms with Crippen LogP contribution in [0, 0.1) is 5.92 Å². The molecule has 0 radical (unpaired) electrons. The summed E-state index contributed by atoms with van der Waals surface area (Å²) in [5.41, 5.74) is 0.791. The molecule has 0 heterocycles. The van der Waals surface area contributed by atoms with E-state index in [2.05, 4.69) is 0 Å². The van der Waals surface area contributed by atoms with Crippen LogP contribution >= 0.6 is 0 Å². The lowest BCUT2D eigenvalue weighted by Gasteiger charge is -2.29. The number of phenols is 1. The third-order valence-corrected chi connectivity index (χ3v) is 3.65. The summed E-state index contributed by atoms with van der Waals surface area (Å²) in [5, 5.41) is 9.83. The summed E-state index contributed by atoms with van der Waals surface area (Å²) in [6, 6.07) is 7.06. The van der Waals surface area contributed by atoms with E-state index in [0.717, 1.165) is 18.4 Å². The first kappa shape index (κ1) is 14.6. The fourth-order valence-corrected chi connectivity index (χ4v) is 2.17. The van der Waals surface area contributed by atoms with Crippen molar-refractivity contribution in [2.45, 2.75) is 39.7 Å². The fourth-order valence-electron chi connectivity index (χ4n) is 2.17. The lowest BCUT2D eigenvalue weighted by molar-refractivity contribution is -0.136. The maximum Gasteiger partial charge on any atom is 0.225 e. The molecule has 0 saturated carbocycles. The third kappa shape index (κ3) is 3.03. The zero-order chi connectivity index (χ0) is 13.7. The highest BCUT2D eigenvalue weighted by Crippen LogP contribution is 2.28. The summed E-state index contributed by atoms with van der Waals surface area (Å²) in [6.07, 6.45) is 1.71. The molecular formula is C15H23NO2. The zero-order valence-corrected chi connectivity index (χ0v) is 11.7. The van der Waals surface area contributed by atoms with E-state index in [4.69, 9.17) is 0 Å². The van der Waals surface area contributed by atoms with Crippen molar-refractivity contribution < 1.29 is 9.90 Å². The fraction of sp³-hybridized carbons (Fsp3) is 0.533. The number of benzene rings is 1. The standard InChI is InChI=1S/C15H23NO2/c1-5-12(6-2)15(18)16(4)11(3)13-9-7-8-10-14(13)17/h7-12,17H,5-6H2,1-4H3. The summed E-state index contributed by atoms with van der Waals surface area (Å²) in [7, 11) is 1.80. The van der Waals surface area contributed by atoms with Crippen molar-refractivity contribution in [2.24, 2.45) is 5.92 Å². The highest BCUT2D eigenvalue weighted by Gasteiger charge is 2.24. The van der Waals surface area contributed by atoms with Gasteiger partial charge in [0.25, 0.3) is 0 Å². The molecule has 1 N–H and O–H groups in total. The molecule has 1 aromatic carbocycles. The summed E-state index contributed by atoms with van der Waals surface area (Å²) >= 11 is 0. The van der Waals surface area contributed by atoms with Crippen LogP contribution in [-0.2, 0) is 4.79 Å². The molecule has 0 aliphatic rings. The minimum Gasteiger partial charge on any atom is -0.508 e. The Kier molecular flexibility index (Phi) is 5.20. The second-order valence-electron chi connectivity index (χ2n) is 4.70. The molecule has 18 heavy (non-hydrogen) atoms. The predicted molar refractivity (Wildman–Crippen MR) is 73.4 cm³/mol. The van der Waals surface area contributed by atoms with Gasteiger partial charge < -0.3 is 10.0 Å². The Bertz CT molecular complexity index is 399. The van der Waals surface area contributed by atoms with Crippen LogP contribution in [0.15, 0.2) is 24.3 Å². The average Bonchev–Trinajstić information content (AvgIpc) is 2.39. The predicted octanol–water partition coefficient (Wildman–Crippen LogP) is 3.35. The summed E-state index contributed by atoms with van der Waals surface area (Å²) in [4.78, 5) is 14.0. The Balaban J connectivity index is 2.87. The number of rotatable bonds is 5. The zero-order valence-electron chi connectivity index (χ0n) is 11.7. The van der Waals surface area contributed by atoms with E-state index in [1.807, 2.05) is 32.9 Å². The topological polar surface area (TPSA) is 40.5 Å². The van der Waals surface area contributed by atoms with Gasteiger partial charge in [-0.05, 0) is 25.8 Å². The molecule has 1 rings (SSSR count). The molecule has 3 nitrogen and oxygen atoms in total. The Morgan fingerprint density at radius 2 is 1.83 bits per heavy atom. The Labute approximate surface area is 109 Å². The summed E-state index contributed by atoms with van der Waals surface area (Å²) in [6.45, 7) is 6.00. The van der Waals surface area contributed by atoms with Gasteiger partial charge in [-0.1, -0.05) is 32.0 Å². The average molecular weight is 249 g/mol. The normalized spacial score (nSPS) is 12.5. The number of phenolic OH excluding ortho intramolecular Hbond substituents is 1. The van der Waals surface area contributed by atoms with Crippen LogP contribution in [-0.4, -0.2) is 23.0 Å². The van der Waals surface area contributed by atoms with Gasteiger partial charge in [0.2, 0.25) is 5.91 Å². The number of nitrogens with zero attached hydrogens (tertiary/aromatic N) is 1. The molecule has 3 heteroatoms. The number of hydrogen-bond donors (Lipinski definition) is 1. The van der Waals surface area contributed by atoms with Gasteiger partial charge >= 0.3 is 0 Å². The van der Waals surface area contributed by atoms with Crippen molar-refractivity contribution in [3.8, 4) is 5.75 Å². The molecule has 0 aliphatic heterocycles. The first-order chi connectivity index (χ1) is 8.52. The first-order valence-electron chi connectivity index (χ1n) is 6.57. The minimum atomic E-state index is -0.112. The lowest BCUT2D eigenvalue weighted by Crippen LogP contribution is -2.34. The summed E-state index contributed by atoms with van der Waals surface area (Å²) < 4.78 is 0. The smallest absolute Gasteiger partial charge is 0.225 e. The number of carbonyl (C=O) groups excluding carboxylic acids is 1. The molecule has 0 fully saturated rings. The van der Waals surface area contributed by atoms with Gasteiger partial charge in [0.15, 0.2) is 0 Å². The molecule has 0 aromatic heterocycles. The number of amides is 1. The van der Waals surface area contributed by atoms with E-state index in [9.17, 15) is 9.90 Å². The highest BCUT2D eigenvalue weighted by atomic mass is 16.3. The second-order valence-corrected chi connectivity index (χ2v) is 4.70. The Hall–Kier alpha value is -1.51. The van der Waals surface area contributed by atoms with Crippen molar-refractivity contribution in [1.82, 2.24) is 4.90 Å². The monoisotopic (exact) mass is 249 g/mol. The SMILES string of the molecule is CCC(CC)C(=O)N(C)C(C)c1ccccc1O. The molecule has 100 valence electrons. The number of para-hydroxylation sites is 1. The molecule has 0 bridgehead atoms. The third-order valence-electron chi connectivity index (χ3n) is 3.65. The van der Waals surface area contributed by atoms with Crippen molar-refractivity contribution in [2.75, 3.05) is 7.05 Å². The van der Waals surface area contributed by atoms with Gasteiger partial charge in [0.05, 0.1) is 6.04 Å². The molecule has 1 aromatic rings. The van der Waals surface area contributed by atoms with E-state index >= 15 is 0 Å². The highest BCUT2D eigenvalue weighted by molar-refractivity contribution is 5.79. The first-order valence-corrected chi connectivity index (χ1v) is 6.57. The quantitative estimate of drug-likeness (QED) is 0.869. The Morgan fingerprint density at radius 1 is 1.28 bits per heavy atom. The van der Waals surface area contributed by atoms with Crippen LogP contribution in [0.2, 0.25) is 0 Å². The van der Waals surface area contributed by atoms with Crippen molar-refractivity contribution in [3.63, 3.8) is 0 Å². The molecule has 1 amide bonds. The van der Waals surface area contributed by atoms with Gasteiger partial charge in [0.1, 0.15) is 5.75 Å². The number of carbonyl (C=O) groups is 1. The van der Waals surface area contributed by atoms with Crippen LogP contribution in [0.1, 0.15) is 45.2 Å². The maximum atomic E-state index is 12.3. The van der Waals surface area contributed by atoms with Crippen molar-refractivity contribution in [1.29, 1.82) is 0 Å². The van der Waals surface area contributed by atoms with Crippen molar-refractivity contribution in [3.05, 3.63) is 29.8 Å². The molecular weight excluding hydrogens is 226 g/mol. The maximum absolute atomic E-state index is 12.3. The van der Waals surface area contributed by atoms with Gasteiger partial charge in [-0.3, -0.25) is 4.79 Å². The van der Waals surface area contributed by atoms with Crippen LogP contribution < -0.4 is 0 Å². The van der Waals surface area contributed by atoms with E-state index < -0.39 is 0 Å². The molecule has 0 saturated heterocycles. The molecule has 0 aliphatic carbocycles.